The van der Waals surface area contributed by atoms with E-state index in [-0.39, 0.29) is 17.3 Å². The molecule has 1 aromatic carbocycles. The number of hydrogen-bond donors (Lipinski definition) is 2. The van der Waals surface area contributed by atoms with Gasteiger partial charge in [0.25, 0.3) is 5.91 Å². The van der Waals surface area contributed by atoms with Gasteiger partial charge in [0.2, 0.25) is 11.6 Å². The molecule has 0 fully saturated rings. The van der Waals surface area contributed by atoms with Crippen LogP contribution in [0.1, 0.15) is 21.7 Å². The molecule has 0 unspecified atom stereocenters. The van der Waals surface area contributed by atoms with Gasteiger partial charge in [-0.3, -0.25) is 4.79 Å². The molecule has 1 amide bonds. The number of halogens is 1. The first-order chi connectivity index (χ1) is 11.6. The maximum atomic E-state index is 12.1. The van der Waals surface area contributed by atoms with Gasteiger partial charge in [-0.15, -0.1) is 5.10 Å². The van der Waals surface area contributed by atoms with Crippen molar-refractivity contribution in [3.8, 4) is 5.82 Å². The molecule has 11 heteroatoms. The Morgan fingerprint density at radius 1 is 1.42 bits per heavy atom. The van der Waals surface area contributed by atoms with Gasteiger partial charge in [0.05, 0.1) is 11.9 Å². The number of nitrogen functional groups attached to an aromatic ring is 1. The number of nitrogens with one attached hydrogen (secondary N) is 1. The largest absolute Gasteiger partial charge is 0.378 e. The summed E-state index contributed by atoms with van der Waals surface area (Å²) in [5.41, 5.74) is 9.08. The standard InChI is InChI=1S/C13H11ClN8O2/c1-7-10(17-21-22(7)12-11(15)19-24-20-12)13(23)18-16-6-8-4-2-3-5-9(8)14/h2-6H,1H3,(H2,15,19)(H,18,23). The van der Waals surface area contributed by atoms with E-state index in [0.29, 0.717) is 16.3 Å². The third-order valence-electron chi connectivity index (χ3n) is 3.08. The molecule has 3 rings (SSSR count). The van der Waals surface area contributed by atoms with Crippen LogP contribution in [0.15, 0.2) is 34.0 Å². The molecule has 0 aliphatic heterocycles. The van der Waals surface area contributed by atoms with Crippen LogP contribution in [0.2, 0.25) is 5.02 Å². The number of benzene rings is 1. The molecule has 24 heavy (non-hydrogen) atoms. The minimum atomic E-state index is -0.544. The maximum absolute atomic E-state index is 12.1. The average Bonchev–Trinajstić information content (AvgIpc) is 3.14. The summed E-state index contributed by atoms with van der Waals surface area (Å²) < 4.78 is 5.75. The summed E-state index contributed by atoms with van der Waals surface area (Å²) in [6.45, 7) is 1.63. The molecule has 3 N–H and O–H groups in total. The molecule has 0 aliphatic rings. The van der Waals surface area contributed by atoms with Crippen molar-refractivity contribution < 1.29 is 9.42 Å². The van der Waals surface area contributed by atoms with Crippen molar-refractivity contribution >= 4 is 29.5 Å². The van der Waals surface area contributed by atoms with Gasteiger partial charge < -0.3 is 5.73 Å². The summed E-state index contributed by atoms with van der Waals surface area (Å²) in [5.74, 6) is -0.359. The van der Waals surface area contributed by atoms with E-state index >= 15 is 0 Å². The first kappa shape index (κ1) is 15.6. The number of aromatic nitrogens is 5. The molecular weight excluding hydrogens is 336 g/mol. The lowest BCUT2D eigenvalue weighted by atomic mass is 10.2. The predicted octanol–water partition coefficient (Wildman–Crippen LogP) is 0.958. The van der Waals surface area contributed by atoms with E-state index in [9.17, 15) is 4.79 Å². The van der Waals surface area contributed by atoms with E-state index in [1.807, 2.05) is 0 Å². The zero-order valence-corrected chi connectivity index (χ0v) is 13.1. The van der Waals surface area contributed by atoms with Crippen molar-refractivity contribution in [1.82, 2.24) is 30.7 Å². The van der Waals surface area contributed by atoms with Crippen LogP contribution in [0, 0.1) is 6.92 Å². The van der Waals surface area contributed by atoms with Crippen LogP contribution in [0.25, 0.3) is 5.82 Å². The Bertz CT molecular complexity index is 916. The zero-order valence-electron chi connectivity index (χ0n) is 12.3. The van der Waals surface area contributed by atoms with Gasteiger partial charge in [-0.25, -0.2) is 10.1 Å². The van der Waals surface area contributed by atoms with Gasteiger partial charge in [-0.2, -0.15) is 9.78 Å². The van der Waals surface area contributed by atoms with Crippen LogP contribution in [0.3, 0.4) is 0 Å². The van der Waals surface area contributed by atoms with Crippen molar-refractivity contribution in [2.75, 3.05) is 5.73 Å². The van der Waals surface area contributed by atoms with Crippen molar-refractivity contribution in [3.63, 3.8) is 0 Å². The highest BCUT2D eigenvalue weighted by atomic mass is 35.5. The minimum absolute atomic E-state index is 0.0340. The Hall–Kier alpha value is -3.27. The first-order valence-corrected chi connectivity index (χ1v) is 7.04. The monoisotopic (exact) mass is 346 g/mol. The average molecular weight is 347 g/mol. The fourth-order valence-corrected chi connectivity index (χ4v) is 2.06. The fourth-order valence-electron chi connectivity index (χ4n) is 1.87. The zero-order chi connectivity index (χ0) is 17.1. The lowest BCUT2D eigenvalue weighted by Crippen LogP contribution is -2.19. The summed E-state index contributed by atoms with van der Waals surface area (Å²) in [6.07, 6.45) is 1.43. The highest BCUT2D eigenvalue weighted by Gasteiger charge is 2.20. The highest BCUT2D eigenvalue weighted by Crippen LogP contribution is 2.15. The second-order valence-electron chi connectivity index (χ2n) is 4.63. The number of hydrazone groups is 1. The number of carbonyl (C=O) groups is 1. The minimum Gasteiger partial charge on any atom is -0.378 e. The number of nitrogens with two attached hydrogens (primary N) is 1. The van der Waals surface area contributed by atoms with E-state index in [1.54, 1.807) is 31.2 Å². The fraction of sp³-hybridized carbons (Fsp3) is 0.0769. The van der Waals surface area contributed by atoms with Crippen LogP contribution in [0.4, 0.5) is 5.82 Å². The third kappa shape index (κ3) is 2.94. The maximum Gasteiger partial charge on any atom is 0.293 e. The normalized spacial score (nSPS) is 11.1. The molecule has 0 atom stereocenters. The number of amides is 1. The summed E-state index contributed by atoms with van der Waals surface area (Å²) in [5, 5.41) is 19.0. The first-order valence-electron chi connectivity index (χ1n) is 6.66. The van der Waals surface area contributed by atoms with E-state index in [0.717, 1.165) is 0 Å². The molecule has 2 heterocycles. The van der Waals surface area contributed by atoms with Crippen molar-refractivity contribution in [1.29, 1.82) is 0 Å². The molecule has 0 bridgehead atoms. The molecule has 0 saturated carbocycles. The number of rotatable bonds is 4. The second kappa shape index (κ2) is 6.46. The molecule has 122 valence electrons. The summed E-state index contributed by atoms with van der Waals surface area (Å²) in [7, 11) is 0. The SMILES string of the molecule is Cc1c(C(=O)NN=Cc2ccccc2Cl)nnn1-c1nonc1N. The predicted molar refractivity (Wildman–Crippen MR) is 84.9 cm³/mol. The van der Waals surface area contributed by atoms with Gasteiger partial charge in [0.1, 0.15) is 0 Å². The Kier molecular flexibility index (Phi) is 4.20. The molecular formula is C13H11ClN8O2. The van der Waals surface area contributed by atoms with Crippen LogP contribution in [-0.2, 0) is 0 Å². The lowest BCUT2D eigenvalue weighted by Gasteiger charge is -1.99. The van der Waals surface area contributed by atoms with E-state index in [1.165, 1.54) is 10.9 Å². The molecule has 10 nitrogen and oxygen atoms in total. The van der Waals surface area contributed by atoms with Crippen LogP contribution < -0.4 is 11.2 Å². The van der Waals surface area contributed by atoms with Gasteiger partial charge in [0.15, 0.2) is 5.69 Å². The van der Waals surface area contributed by atoms with E-state index < -0.39 is 5.91 Å². The Morgan fingerprint density at radius 3 is 2.92 bits per heavy atom. The van der Waals surface area contributed by atoms with Crippen molar-refractivity contribution in [2.24, 2.45) is 5.10 Å². The van der Waals surface area contributed by atoms with Crippen LogP contribution in [0.5, 0.6) is 0 Å². The molecule has 0 radical (unpaired) electrons. The smallest absolute Gasteiger partial charge is 0.293 e. The number of nitrogens with zero attached hydrogens (tertiary/aromatic N) is 6. The molecule has 0 spiro atoms. The summed E-state index contributed by atoms with van der Waals surface area (Å²) >= 11 is 5.99. The van der Waals surface area contributed by atoms with E-state index in [4.69, 9.17) is 17.3 Å². The Balaban J connectivity index is 1.76. The summed E-state index contributed by atoms with van der Waals surface area (Å²) in [4.78, 5) is 12.1. The molecule has 0 aliphatic carbocycles. The van der Waals surface area contributed by atoms with Gasteiger partial charge >= 0.3 is 0 Å². The second-order valence-corrected chi connectivity index (χ2v) is 5.04. The molecule has 0 saturated heterocycles. The molecule has 2 aromatic heterocycles. The van der Waals surface area contributed by atoms with Crippen LogP contribution in [-0.4, -0.2) is 37.4 Å². The number of anilines is 1. The van der Waals surface area contributed by atoms with E-state index in [2.05, 4.69) is 35.8 Å². The van der Waals surface area contributed by atoms with Gasteiger partial charge in [-0.1, -0.05) is 35.0 Å². The van der Waals surface area contributed by atoms with Crippen LogP contribution >= 0.6 is 11.6 Å². The highest BCUT2D eigenvalue weighted by molar-refractivity contribution is 6.33. The quantitative estimate of drug-likeness (QED) is 0.530. The number of hydrogen-bond acceptors (Lipinski definition) is 8. The topological polar surface area (TPSA) is 137 Å². The lowest BCUT2D eigenvalue weighted by molar-refractivity contribution is 0.0949. The third-order valence-corrected chi connectivity index (χ3v) is 3.42. The Labute approximate surface area is 140 Å². The van der Waals surface area contributed by atoms with Gasteiger partial charge in [-0.05, 0) is 23.3 Å². The number of carbonyl (C=O) groups excluding carboxylic acids is 1. The molecule has 3 aromatic rings. The van der Waals surface area contributed by atoms with Crippen molar-refractivity contribution in [3.05, 3.63) is 46.2 Å². The van der Waals surface area contributed by atoms with Gasteiger partial charge in [0, 0.05) is 10.6 Å². The summed E-state index contributed by atoms with van der Waals surface area (Å²) in [6, 6.07) is 7.09. The van der Waals surface area contributed by atoms with Crippen molar-refractivity contribution in [2.45, 2.75) is 6.92 Å². The Morgan fingerprint density at radius 2 is 2.21 bits per heavy atom.